The van der Waals surface area contributed by atoms with Crippen molar-refractivity contribution in [3.05, 3.63) is 83.4 Å². The molecule has 2 aromatic heterocycles. The minimum absolute atomic E-state index is 0.00929. The van der Waals surface area contributed by atoms with Crippen molar-refractivity contribution in [1.82, 2.24) is 9.55 Å². The van der Waals surface area contributed by atoms with Gasteiger partial charge < -0.3 is 9.47 Å². The molecule has 0 saturated carbocycles. The molecule has 0 aliphatic heterocycles. The molecular weight excluding hydrogens is 310 g/mol. The quantitative estimate of drug-likeness (QED) is 0.705. The Morgan fingerprint density at radius 2 is 1.92 bits per heavy atom. The molecule has 3 rings (SSSR count). The molecule has 0 radical (unpaired) electrons. The summed E-state index contributed by atoms with van der Waals surface area (Å²) in [4.78, 5) is 18.8. The standard InChI is InChI=1S/C21H23N3O/c1-4-18-14-19(8-7-16(18)2)23(3)21(25)20-6-5-13-24(20)15-17-9-11-22-12-10-17/h5-14H,4,15H2,1-3H3. The maximum Gasteiger partial charge on any atom is 0.274 e. The van der Waals surface area contributed by atoms with E-state index in [0.717, 1.165) is 17.7 Å². The summed E-state index contributed by atoms with van der Waals surface area (Å²) in [6, 6.07) is 13.9. The second-order valence-corrected chi connectivity index (χ2v) is 6.21. The number of carbonyl (C=O) groups excluding carboxylic acids is 1. The van der Waals surface area contributed by atoms with Crippen LogP contribution in [0.3, 0.4) is 0 Å². The van der Waals surface area contributed by atoms with E-state index in [0.29, 0.717) is 12.2 Å². The van der Waals surface area contributed by atoms with Crippen molar-refractivity contribution in [3.63, 3.8) is 0 Å². The van der Waals surface area contributed by atoms with Gasteiger partial charge >= 0.3 is 0 Å². The van der Waals surface area contributed by atoms with Crippen LogP contribution in [0.25, 0.3) is 0 Å². The highest BCUT2D eigenvalue weighted by Gasteiger charge is 2.17. The Morgan fingerprint density at radius 3 is 2.64 bits per heavy atom. The van der Waals surface area contributed by atoms with Crippen LogP contribution in [0.15, 0.2) is 61.1 Å². The third-order valence-electron chi connectivity index (χ3n) is 4.56. The van der Waals surface area contributed by atoms with Crippen molar-refractivity contribution >= 4 is 11.6 Å². The van der Waals surface area contributed by atoms with Crippen LogP contribution in [0, 0.1) is 6.92 Å². The molecule has 0 saturated heterocycles. The van der Waals surface area contributed by atoms with Crippen molar-refractivity contribution in [2.24, 2.45) is 0 Å². The lowest BCUT2D eigenvalue weighted by molar-refractivity contribution is 0.0984. The maximum absolute atomic E-state index is 13.0. The number of benzene rings is 1. The summed E-state index contributed by atoms with van der Waals surface area (Å²) in [5.74, 6) is -0.00929. The molecule has 0 unspecified atom stereocenters. The van der Waals surface area contributed by atoms with Crippen LogP contribution in [0.4, 0.5) is 5.69 Å². The summed E-state index contributed by atoms with van der Waals surface area (Å²) in [5.41, 5.74) is 5.24. The molecule has 4 heteroatoms. The van der Waals surface area contributed by atoms with E-state index in [2.05, 4.69) is 31.0 Å². The Morgan fingerprint density at radius 1 is 1.16 bits per heavy atom. The van der Waals surface area contributed by atoms with Gasteiger partial charge in [-0.3, -0.25) is 9.78 Å². The van der Waals surface area contributed by atoms with Crippen LogP contribution < -0.4 is 4.90 Å². The van der Waals surface area contributed by atoms with Gasteiger partial charge in [0.25, 0.3) is 5.91 Å². The molecule has 0 bridgehead atoms. The van der Waals surface area contributed by atoms with Crippen LogP contribution in [0.1, 0.15) is 34.1 Å². The number of hydrogen-bond acceptors (Lipinski definition) is 2. The first kappa shape index (κ1) is 17.0. The normalized spacial score (nSPS) is 10.7. The molecule has 1 amide bonds. The van der Waals surface area contributed by atoms with Crippen LogP contribution in [-0.4, -0.2) is 22.5 Å². The lowest BCUT2D eigenvalue weighted by atomic mass is 10.1. The number of aryl methyl sites for hydroxylation is 2. The van der Waals surface area contributed by atoms with Gasteiger partial charge in [0.1, 0.15) is 5.69 Å². The summed E-state index contributed by atoms with van der Waals surface area (Å²) in [6.07, 6.45) is 6.43. The van der Waals surface area contributed by atoms with Gasteiger partial charge in [-0.25, -0.2) is 0 Å². The van der Waals surface area contributed by atoms with Crippen molar-refractivity contribution in [2.75, 3.05) is 11.9 Å². The fourth-order valence-electron chi connectivity index (χ4n) is 2.97. The van der Waals surface area contributed by atoms with Gasteiger partial charge in [0.15, 0.2) is 0 Å². The fourth-order valence-corrected chi connectivity index (χ4v) is 2.97. The SMILES string of the molecule is CCc1cc(N(C)C(=O)c2cccn2Cc2ccncc2)ccc1C. The molecule has 0 fully saturated rings. The molecule has 0 aliphatic carbocycles. The third kappa shape index (κ3) is 3.63. The van der Waals surface area contributed by atoms with Gasteiger partial charge in [0.2, 0.25) is 0 Å². The molecule has 4 nitrogen and oxygen atoms in total. The lowest BCUT2D eigenvalue weighted by Crippen LogP contribution is -2.28. The van der Waals surface area contributed by atoms with E-state index in [1.54, 1.807) is 17.3 Å². The second kappa shape index (κ2) is 7.34. The average molecular weight is 333 g/mol. The van der Waals surface area contributed by atoms with Crippen molar-refractivity contribution < 1.29 is 4.79 Å². The first-order chi connectivity index (χ1) is 12.1. The zero-order valence-electron chi connectivity index (χ0n) is 14.9. The van der Waals surface area contributed by atoms with Gasteiger partial charge in [0.05, 0.1) is 0 Å². The second-order valence-electron chi connectivity index (χ2n) is 6.21. The Kier molecular flexibility index (Phi) is 4.98. The summed E-state index contributed by atoms with van der Waals surface area (Å²) in [7, 11) is 1.83. The third-order valence-corrected chi connectivity index (χ3v) is 4.56. The van der Waals surface area contributed by atoms with Gasteiger partial charge in [-0.1, -0.05) is 13.0 Å². The van der Waals surface area contributed by atoms with Crippen molar-refractivity contribution in [2.45, 2.75) is 26.8 Å². The topological polar surface area (TPSA) is 38.1 Å². The zero-order chi connectivity index (χ0) is 17.8. The maximum atomic E-state index is 13.0. The number of carbonyl (C=O) groups is 1. The lowest BCUT2D eigenvalue weighted by Gasteiger charge is -2.20. The van der Waals surface area contributed by atoms with Crippen LogP contribution in [-0.2, 0) is 13.0 Å². The van der Waals surface area contributed by atoms with Gasteiger partial charge in [-0.2, -0.15) is 0 Å². The summed E-state index contributed by atoms with van der Waals surface area (Å²) in [6.45, 7) is 4.89. The minimum atomic E-state index is -0.00929. The highest BCUT2D eigenvalue weighted by atomic mass is 16.2. The van der Waals surface area contributed by atoms with Crippen LogP contribution in [0.5, 0.6) is 0 Å². The molecule has 3 aromatic rings. The minimum Gasteiger partial charge on any atom is -0.339 e. The smallest absolute Gasteiger partial charge is 0.274 e. The Hall–Kier alpha value is -2.88. The van der Waals surface area contributed by atoms with Crippen LogP contribution >= 0.6 is 0 Å². The van der Waals surface area contributed by atoms with E-state index in [4.69, 9.17) is 0 Å². The van der Waals surface area contributed by atoms with Crippen molar-refractivity contribution in [3.8, 4) is 0 Å². The zero-order valence-corrected chi connectivity index (χ0v) is 14.9. The van der Waals surface area contributed by atoms with Crippen LogP contribution in [0.2, 0.25) is 0 Å². The number of hydrogen-bond donors (Lipinski definition) is 0. The van der Waals surface area contributed by atoms with E-state index in [-0.39, 0.29) is 5.91 Å². The number of amides is 1. The summed E-state index contributed by atoms with van der Waals surface area (Å²) in [5, 5.41) is 0. The Labute approximate surface area is 148 Å². The molecule has 0 aliphatic rings. The summed E-state index contributed by atoms with van der Waals surface area (Å²) < 4.78 is 1.98. The fraction of sp³-hybridized carbons (Fsp3) is 0.238. The largest absolute Gasteiger partial charge is 0.339 e. The monoisotopic (exact) mass is 333 g/mol. The number of anilines is 1. The van der Waals surface area contributed by atoms with E-state index in [1.807, 2.05) is 48.1 Å². The predicted molar refractivity (Wildman–Crippen MR) is 101 cm³/mol. The highest BCUT2D eigenvalue weighted by molar-refractivity contribution is 6.04. The first-order valence-corrected chi connectivity index (χ1v) is 8.51. The highest BCUT2D eigenvalue weighted by Crippen LogP contribution is 2.21. The molecule has 0 atom stereocenters. The van der Waals surface area contributed by atoms with Gasteiger partial charge in [-0.05, 0) is 66.4 Å². The molecule has 2 heterocycles. The molecular formula is C21H23N3O. The van der Waals surface area contributed by atoms with Crippen molar-refractivity contribution in [1.29, 1.82) is 0 Å². The van der Waals surface area contributed by atoms with Gasteiger partial charge in [0, 0.05) is 37.9 Å². The van der Waals surface area contributed by atoms with Gasteiger partial charge in [-0.15, -0.1) is 0 Å². The molecule has 0 N–H and O–H groups in total. The molecule has 25 heavy (non-hydrogen) atoms. The Balaban J connectivity index is 1.85. The summed E-state index contributed by atoms with van der Waals surface area (Å²) >= 11 is 0. The number of pyridine rings is 1. The molecule has 128 valence electrons. The number of rotatable bonds is 5. The number of aromatic nitrogens is 2. The van der Waals surface area contributed by atoms with E-state index in [9.17, 15) is 4.79 Å². The Bertz CT molecular complexity index is 868. The van der Waals surface area contributed by atoms with E-state index < -0.39 is 0 Å². The first-order valence-electron chi connectivity index (χ1n) is 8.51. The van der Waals surface area contributed by atoms with E-state index >= 15 is 0 Å². The molecule has 0 spiro atoms. The predicted octanol–water partition coefficient (Wildman–Crippen LogP) is 4.08. The average Bonchev–Trinajstić information content (AvgIpc) is 3.10. The molecule has 1 aromatic carbocycles. The van der Waals surface area contributed by atoms with E-state index in [1.165, 1.54) is 11.1 Å². The number of nitrogens with zero attached hydrogens (tertiary/aromatic N) is 3.